The van der Waals surface area contributed by atoms with Crippen LogP contribution in [0.4, 0.5) is 5.69 Å². The second kappa shape index (κ2) is 10.1. The van der Waals surface area contributed by atoms with E-state index in [-0.39, 0.29) is 5.91 Å². The standard InChI is InChI=1S/C29H29N3O3/c1-3-35-28-20-27(21-8-7-11-24(18-21)34-2)30-26-13-12-22(19-25(26)28)29(33)32-16-14-31(15-17-32)23-9-5-4-6-10-23/h4-13,18-20H,3,14-17H2,1-2H3. The predicted octanol–water partition coefficient (Wildman–Crippen LogP) is 5.27. The van der Waals surface area contributed by atoms with Crippen LogP contribution in [-0.4, -0.2) is 55.7 Å². The lowest BCUT2D eigenvalue weighted by molar-refractivity contribution is 0.0747. The second-order valence-corrected chi connectivity index (χ2v) is 8.52. The highest BCUT2D eigenvalue weighted by Gasteiger charge is 2.23. The van der Waals surface area contributed by atoms with Crippen molar-refractivity contribution in [1.29, 1.82) is 0 Å². The number of piperazine rings is 1. The smallest absolute Gasteiger partial charge is 0.254 e. The summed E-state index contributed by atoms with van der Waals surface area (Å²) >= 11 is 0. The zero-order valence-electron chi connectivity index (χ0n) is 20.1. The van der Waals surface area contributed by atoms with Crippen LogP contribution in [-0.2, 0) is 0 Å². The molecule has 2 heterocycles. The van der Waals surface area contributed by atoms with Crippen molar-refractivity contribution in [3.05, 3.63) is 84.4 Å². The molecule has 3 aromatic carbocycles. The summed E-state index contributed by atoms with van der Waals surface area (Å²) in [6.45, 7) is 5.50. The molecule has 1 saturated heterocycles. The Morgan fingerprint density at radius 1 is 0.914 bits per heavy atom. The maximum Gasteiger partial charge on any atom is 0.254 e. The molecule has 0 saturated carbocycles. The van der Waals surface area contributed by atoms with E-state index in [2.05, 4.69) is 17.0 Å². The van der Waals surface area contributed by atoms with Crippen LogP contribution in [0.25, 0.3) is 22.2 Å². The molecule has 0 N–H and O–H groups in total. The van der Waals surface area contributed by atoms with Crippen LogP contribution in [0.5, 0.6) is 11.5 Å². The predicted molar refractivity (Wildman–Crippen MR) is 139 cm³/mol. The minimum atomic E-state index is 0.0407. The first kappa shape index (κ1) is 22.7. The van der Waals surface area contributed by atoms with Crippen molar-refractivity contribution in [3.8, 4) is 22.8 Å². The van der Waals surface area contributed by atoms with Crippen LogP contribution in [0.3, 0.4) is 0 Å². The third kappa shape index (κ3) is 4.78. The first-order valence-electron chi connectivity index (χ1n) is 12.0. The number of methoxy groups -OCH3 is 1. The molecule has 4 aromatic rings. The van der Waals surface area contributed by atoms with Crippen molar-refractivity contribution in [1.82, 2.24) is 9.88 Å². The number of anilines is 1. The van der Waals surface area contributed by atoms with E-state index in [0.29, 0.717) is 25.3 Å². The Labute approximate surface area is 205 Å². The topological polar surface area (TPSA) is 54.9 Å². The number of benzene rings is 3. The number of fused-ring (bicyclic) bond motifs is 1. The number of hydrogen-bond donors (Lipinski definition) is 0. The highest BCUT2D eigenvalue weighted by Crippen LogP contribution is 2.32. The molecule has 0 unspecified atom stereocenters. The largest absolute Gasteiger partial charge is 0.497 e. The van der Waals surface area contributed by atoms with Gasteiger partial charge in [0.2, 0.25) is 0 Å². The van der Waals surface area contributed by atoms with Gasteiger partial charge < -0.3 is 19.3 Å². The van der Waals surface area contributed by atoms with E-state index >= 15 is 0 Å². The monoisotopic (exact) mass is 467 g/mol. The van der Waals surface area contributed by atoms with E-state index in [0.717, 1.165) is 46.7 Å². The summed E-state index contributed by atoms with van der Waals surface area (Å²) in [7, 11) is 1.65. The number of carbonyl (C=O) groups excluding carboxylic acids is 1. The molecule has 35 heavy (non-hydrogen) atoms. The Morgan fingerprint density at radius 2 is 1.71 bits per heavy atom. The second-order valence-electron chi connectivity index (χ2n) is 8.52. The Hall–Kier alpha value is -4.06. The molecule has 0 bridgehead atoms. The van der Waals surface area contributed by atoms with Gasteiger partial charge in [0.05, 0.1) is 24.9 Å². The number of carbonyl (C=O) groups is 1. The minimum absolute atomic E-state index is 0.0407. The van der Waals surface area contributed by atoms with E-state index in [1.165, 1.54) is 5.69 Å². The average Bonchev–Trinajstić information content (AvgIpc) is 2.93. The van der Waals surface area contributed by atoms with Crippen LogP contribution >= 0.6 is 0 Å². The molecule has 5 rings (SSSR count). The fraction of sp³-hybridized carbons (Fsp3) is 0.241. The van der Waals surface area contributed by atoms with Gasteiger partial charge in [-0.2, -0.15) is 0 Å². The van der Waals surface area contributed by atoms with Crippen molar-refractivity contribution in [2.75, 3.05) is 44.8 Å². The molecule has 1 aliphatic heterocycles. The Morgan fingerprint density at radius 3 is 2.46 bits per heavy atom. The number of hydrogen-bond acceptors (Lipinski definition) is 5. The van der Waals surface area contributed by atoms with E-state index in [9.17, 15) is 4.79 Å². The molecule has 0 spiro atoms. The first-order chi connectivity index (χ1) is 17.2. The van der Waals surface area contributed by atoms with Crippen LogP contribution in [0, 0.1) is 0 Å². The van der Waals surface area contributed by atoms with Gasteiger partial charge in [-0.1, -0.05) is 30.3 Å². The zero-order chi connectivity index (χ0) is 24.2. The zero-order valence-corrected chi connectivity index (χ0v) is 20.1. The molecule has 1 amide bonds. The molecule has 1 fully saturated rings. The van der Waals surface area contributed by atoms with E-state index in [4.69, 9.17) is 14.5 Å². The van der Waals surface area contributed by atoms with Gasteiger partial charge in [0.15, 0.2) is 0 Å². The summed E-state index contributed by atoms with van der Waals surface area (Å²) < 4.78 is 11.3. The third-order valence-corrected chi connectivity index (χ3v) is 6.37. The quantitative estimate of drug-likeness (QED) is 0.387. The summed E-state index contributed by atoms with van der Waals surface area (Å²) in [4.78, 5) is 22.5. The van der Waals surface area contributed by atoms with Gasteiger partial charge in [0.1, 0.15) is 11.5 Å². The number of nitrogens with zero attached hydrogens (tertiary/aromatic N) is 3. The molecule has 0 radical (unpaired) electrons. The lowest BCUT2D eigenvalue weighted by atomic mass is 10.1. The van der Waals surface area contributed by atoms with Crippen LogP contribution in [0.2, 0.25) is 0 Å². The number of pyridine rings is 1. The van der Waals surface area contributed by atoms with Crippen molar-refractivity contribution in [2.24, 2.45) is 0 Å². The number of aromatic nitrogens is 1. The fourth-order valence-electron chi connectivity index (χ4n) is 4.52. The van der Waals surface area contributed by atoms with Crippen molar-refractivity contribution in [3.63, 3.8) is 0 Å². The lowest BCUT2D eigenvalue weighted by Crippen LogP contribution is -2.48. The number of ether oxygens (including phenoxy) is 2. The van der Waals surface area contributed by atoms with Gasteiger partial charge in [-0.25, -0.2) is 4.98 Å². The Kier molecular flexibility index (Phi) is 6.53. The molecular weight excluding hydrogens is 438 g/mol. The van der Waals surface area contributed by atoms with Crippen molar-refractivity contribution >= 4 is 22.5 Å². The highest BCUT2D eigenvalue weighted by atomic mass is 16.5. The number of amides is 1. The third-order valence-electron chi connectivity index (χ3n) is 6.37. The number of para-hydroxylation sites is 1. The summed E-state index contributed by atoms with van der Waals surface area (Å²) in [6.07, 6.45) is 0. The SMILES string of the molecule is CCOc1cc(-c2cccc(OC)c2)nc2ccc(C(=O)N3CCN(c4ccccc4)CC3)cc12. The molecule has 0 atom stereocenters. The maximum absolute atomic E-state index is 13.3. The van der Waals surface area contributed by atoms with Gasteiger partial charge in [-0.05, 0) is 49.4 Å². The molecule has 1 aromatic heterocycles. The fourth-order valence-corrected chi connectivity index (χ4v) is 4.52. The normalized spacial score (nSPS) is 13.7. The molecule has 0 aliphatic carbocycles. The van der Waals surface area contributed by atoms with Crippen LogP contribution in [0.1, 0.15) is 17.3 Å². The van der Waals surface area contributed by atoms with Gasteiger partial charge in [0.25, 0.3) is 5.91 Å². The van der Waals surface area contributed by atoms with Gasteiger partial charge in [-0.3, -0.25) is 4.79 Å². The van der Waals surface area contributed by atoms with E-state index < -0.39 is 0 Å². The maximum atomic E-state index is 13.3. The van der Waals surface area contributed by atoms with Crippen LogP contribution in [0.15, 0.2) is 78.9 Å². The van der Waals surface area contributed by atoms with Gasteiger partial charge >= 0.3 is 0 Å². The Bertz CT molecular complexity index is 1330. The minimum Gasteiger partial charge on any atom is -0.497 e. The molecule has 6 heteroatoms. The van der Waals surface area contributed by atoms with Gasteiger partial charge in [0, 0.05) is 54.4 Å². The summed E-state index contributed by atoms with van der Waals surface area (Å²) in [5, 5.41) is 0.840. The Balaban J connectivity index is 1.40. The van der Waals surface area contributed by atoms with Crippen molar-refractivity contribution < 1.29 is 14.3 Å². The molecule has 1 aliphatic rings. The molecule has 178 valence electrons. The molecule has 6 nitrogen and oxygen atoms in total. The van der Waals surface area contributed by atoms with Crippen LogP contribution < -0.4 is 14.4 Å². The first-order valence-corrected chi connectivity index (χ1v) is 12.0. The lowest BCUT2D eigenvalue weighted by Gasteiger charge is -2.36. The number of rotatable bonds is 6. The van der Waals surface area contributed by atoms with Gasteiger partial charge in [-0.15, -0.1) is 0 Å². The summed E-state index contributed by atoms with van der Waals surface area (Å²) in [6, 6.07) is 25.8. The highest BCUT2D eigenvalue weighted by molar-refractivity contribution is 6.00. The average molecular weight is 468 g/mol. The summed E-state index contributed by atoms with van der Waals surface area (Å²) in [5.74, 6) is 1.54. The van der Waals surface area contributed by atoms with E-state index in [1.807, 2.05) is 78.6 Å². The molecular formula is C29H29N3O3. The van der Waals surface area contributed by atoms with Crippen molar-refractivity contribution in [2.45, 2.75) is 6.92 Å². The van der Waals surface area contributed by atoms with E-state index in [1.54, 1.807) is 7.11 Å². The summed E-state index contributed by atoms with van der Waals surface area (Å²) in [5.41, 5.74) is 4.39.